The maximum Gasteiger partial charge on any atom is 0.130 e. The first-order valence-electron chi connectivity index (χ1n) is 6.78. The molecule has 0 bridgehead atoms. The third-order valence-electron chi connectivity index (χ3n) is 3.83. The van der Waals surface area contributed by atoms with Crippen LogP contribution in [0.5, 0.6) is 0 Å². The van der Waals surface area contributed by atoms with Gasteiger partial charge < -0.3 is 15.0 Å². The summed E-state index contributed by atoms with van der Waals surface area (Å²) in [6.07, 6.45) is 0. The zero-order valence-corrected chi connectivity index (χ0v) is 12.2. The van der Waals surface area contributed by atoms with Crippen LogP contribution >= 0.6 is 0 Å². The maximum atomic E-state index is 14.2. The van der Waals surface area contributed by atoms with Crippen molar-refractivity contribution >= 4 is 5.69 Å². The highest BCUT2D eigenvalue weighted by molar-refractivity contribution is 5.57. The highest BCUT2D eigenvalue weighted by Gasteiger charge is 2.33. The fourth-order valence-electron chi connectivity index (χ4n) is 2.64. The van der Waals surface area contributed by atoms with Crippen LogP contribution in [0.2, 0.25) is 0 Å². The first-order chi connectivity index (χ1) is 8.97. The predicted molar refractivity (Wildman–Crippen MR) is 76.1 cm³/mol. The number of benzene rings is 1. The number of nitrogens with one attached hydrogen (secondary N) is 1. The number of hydrogen-bond donors (Lipinski definition) is 1. The Labute approximate surface area is 114 Å². The summed E-state index contributed by atoms with van der Waals surface area (Å²) in [6, 6.07) is 5.29. The van der Waals surface area contributed by atoms with Crippen molar-refractivity contribution in [3.8, 4) is 0 Å². The molecule has 0 aliphatic carbocycles. The molecule has 1 aromatic carbocycles. The molecule has 1 atom stereocenters. The molecule has 1 aliphatic rings. The molecule has 0 saturated carbocycles. The molecule has 0 aromatic heterocycles. The van der Waals surface area contributed by atoms with Gasteiger partial charge in [-0.2, -0.15) is 0 Å². The van der Waals surface area contributed by atoms with Crippen LogP contribution in [0.4, 0.5) is 10.1 Å². The van der Waals surface area contributed by atoms with E-state index in [0.717, 1.165) is 17.8 Å². The average Bonchev–Trinajstić information content (AvgIpc) is 2.37. The highest BCUT2D eigenvalue weighted by Crippen LogP contribution is 2.34. The maximum absolute atomic E-state index is 14.2. The Balaban J connectivity index is 2.46. The van der Waals surface area contributed by atoms with E-state index >= 15 is 0 Å². The average molecular weight is 266 g/mol. The van der Waals surface area contributed by atoms with Crippen LogP contribution in [0.15, 0.2) is 18.2 Å². The van der Waals surface area contributed by atoms with Crippen LogP contribution in [-0.4, -0.2) is 32.3 Å². The van der Waals surface area contributed by atoms with Crippen molar-refractivity contribution in [1.29, 1.82) is 0 Å². The van der Waals surface area contributed by atoms with Gasteiger partial charge in [0.05, 0.1) is 18.8 Å². The van der Waals surface area contributed by atoms with Gasteiger partial charge in [-0.3, -0.25) is 0 Å². The molecule has 19 heavy (non-hydrogen) atoms. The standard InChI is InChI=1S/C15H23FN2O/c1-11(17-4)14-12(16)6-5-7-13(14)18-8-9-19-10-15(18,2)3/h5-7,11,17H,8-10H2,1-4H3. The van der Waals surface area contributed by atoms with E-state index in [-0.39, 0.29) is 17.4 Å². The lowest BCUT2D eigenvalue weighted by Gasteiger charge is -2.45. The quantitative estimate of drug-likeness (QED) is 0.910. The van der Waals surface area contributed by atoms with Crippen LogP contribution in [-0.2, 0) is 4.74 Å². The largest absolute Gasteiger partial charge is 0.377 e. The zero-order valence-electron chi connectivity index (χ0n) is 12.2. The van der Waals surface area contributed by atoms with E-state index in [1.165, 1.54) is 6.07 Å². The second-order valence-electron chi connectivity index (χ2n) is 5.70. The monoisotopic (exact) mass is 266 g/mol. The highest BCUT2D eigenvalue weighted by atomic mass is 19.1. The van der Waals surface area contributed by atoms with Crippen molar-refractivity contribution in [1.82, 2.24) is 5.32 Å². The molecule has 1 fully saturated rings. The van der Waals surface area contributed by atoms with Crippen LogP contribution in [0.25, 0.3) is 0 Å². The molecule has 106 valence electrons. The second-order valence-corrected chi connectivity index (χ2v) is 5.70. The summed E-state index contributed by atoms with van der Waals surface area (Å²) < 4.78 is 19.7. The molecule has 0 amide bonds. The number of hydrogen-bond acceptors (Lipinski definition) is 3. The molecule has 3 nitrogen and oxygen atoms in total. The molecule has 1 saturated heterocycles. The number of morpholine rings is 1. The van der Waals surface area contributed by atoms with E-state index in [1.54, 1.807) is 6.07 Å². The smallest absolute Gasteiger partial charge is 0.130 e. The fraction of sp³-hybridized carbons (Fsp3) is 0.600. The van der Waals surface area contributed by atoms with Gasteiger partial charge in [0.1, 0.15) is 5.82 Å². The summed E-state index contributed by atoms with van der Waals surface area (Å²) in [7, 11) is 1.85. The molecule has 1 unspecified atom stereocenters. The van der Waals surface area contributed by atoms with Gasteiger partial charge in [-0.05, 0) is 40.0 Å². The molecule has 1 aromatic rings. The third kappa shape index (κ3) is 2.74. The van der Waals surface area contributed by atoms with Gasteiger partial charge in [0.25, 0.3) is 0 Å². The number of ether oxygens (including phenoxy) is 1. The normalized spacial score (nSPS) is 20.4. The van der Waals surface area contributed by atoms with Crippen LogP contribution in [0, 0.1) is 5.82 Å². The van der Waals surface area contributed by atoms with Crippen LogP contribution in [0.1, 0.15) is 32.4 Å². The molecule has 4 heteroatoms. The predicted octanol–water partition coefficient (Wildman–Crippen LogP) is 2.72. The van der Waals surface area contributed by atoms with E-state index in [1.807, 2.05) is 20.0 Å². The number of halogens is 1. The Morgan fingerprint density at radius 1 is 1.42 bits per heavy atom. The van der Waals surface area contributed by atoms with Gasteiger partial charge in [-0.1, -0.05) is 6.07 Å². The first kappa shape index (κ1) is 14.3. The SMILES string of the molecule is CNC(C)c1c(F)cccc1N1CCOCC1(C)C. The molecule has 1 N–H and O–H groups in total. The van der Waals surface area contributed by atoms with Gasteiger partial charge in [0, 0.05) is 23.8 Å². The molecule has 0 spiro atoms. The molecule has 0 radical (unpaired) electrons. The Bertz CT molecular complexity index is 448. The molecule has 1 heterocycles. The van der Waals surface area contributed by atoms with Gasteiger partial charge >= 0.3 is 0 Å². The third-order valence-corrected chi connectivity index (χ3v) is 3.83. The summed E-state index contributed by atoms with van der Waals surface area (Å²) in [5.74, 6) is -0.151. The fourth-order valence-corrected chi connectivity index (χ4v) is 2.64. The van der Waals surface area contributed by atoms with Crippen molar-refractivity contribution in [3.63, 3.8) is 0 Å². The summed E-state index contributed by atoms with van der Waals surface area (Å²) in [6.45, 7) is 8.38. The van der Waals surface area contributed by atoms with Gasteiger partial charge in [-0.25, -0.2) is 4.39 Å². The Morgan fingerprint density at radius 3 is 2.79 bits per heavy atom. The van der Waals surface area contributed by atoms with Crippen molar-refractivity contribution in [3.05, 3.63) is 29.6 Å². The van der Waals surface area contributed by atoms with Crippen LogP contribution in [0.3, 0.4) is 0 Å². The molecular formula is C15H23FN2O. The minimum absolute atomic E-state index is 0.0187. The zero-order chi connectivity index (χ0) is 14.0. The van der Waals surface area contributed by atoms with Crippen molar-refractivity contribution in [2.24, 2.45) is 0 Å². The van der Waals surface area contributed by atoms with E-state index in [9.17, 15) is 4.39 Å². The lowest BCUT2D eigenvalue weighted by molar-refractivity contribution is 0.0642. The molecule has 2 rings (SSSR count). The second kappa shape index (κ2) is 5.47. The molecular weight excluding hydrogens is 243 g/mol. The minimum Gasteiger partial charge on any atom is -0.377 e. The number of rotatable bonds is 3. The summed E-state index contributed by atoms with van der Waals surface area (Å²) in [5, 5.41) is 3.13. The van der Waals surface area contributed by atoms with Crippen molar-refractivity contribution in [2.45, 2.75) is 32.4 Å². The van der Waals surface area contributed by atoms with Gasteiger partial charge in [0.15, 0.2) is 0 Å². The summed E-state index contributed by atoms with van der Waals surface area (Å²) >= 11 is 0. The topological polar surface area (TPSA) is 24.5 Å². The summed E-state index contributed by atoms with van der Waals surface area (Å²) in [4.78, 5) is 2.25. The number of nitrogens with zero attached hydrogens (tertiary/aromatic N) is 1. The summed E-state index contributed by atoms with van der Waals surface area (Å²) in [5.41, 5.74) is 1.59. The van der Waals surface area contributed by atoms with E-state index < -0.39 is 0 Å². The minimum atomic E-state index is -0.151. The van der Waals surface area contributed by atoms with Gasteiger partial charge in [0.2, 0.25) is 0 Å². The first-order valence-corrected chi connectivity index (χ1v) is 6.78. The Morgan fingerprint density at radius 2 is 2.16 bits per heavy atom. The molecule has 1 aliphatic heterocycles. The Hall–Kier alpha value is -1.13. The lowest BCUT2D eigenvalue weighted by Crippen LogP contribution is -2.53. The number of anilines is 1. The van der Waals surface area contributed by atoms with Gasteiger partial charge in [-0.15, -0.1) is 0 Å². The lowest BCUT2D eigenvalue weighted by atomic mass is 9.97. The van der Waals surface area contributed by atoms with E-state index in [4.69, 9.17) is 4.74 Å². The van der Waals surface area contributed by atoms with Crippen molar-refractivity contribution in [2.75, 3.05) is 31.7 Å². The van der Waals surface area contributed by atoms with Crippen LogP contribution < -0.4 is 10.2 Å². The Kier molecular flexibility index (Phi) is 4.11. The van der Waals surface area contributed by atoms with E-state index in [2.05, 4.69) is 24.1 Å². The van der Waals surface area contributed by atoms with E-state index in [0.29, 0.717) is 13.2 Å². The van der Waals surface area contributed by atoms with Crippen molar-refractivity contribution < 1.29 is 9.13 Å².